The minimum Gasteiger partial charge on any atom is -0.497 e. The third kappa shape index (κ3) is 4.31. The Morgan fingerprint density at radius 2 is 1.89 bits per heavy atom. The smallest absolute Gasteiger partial charge is 0.303 e. The first-order valence-electron chi connectivity index (χ1n) is 9.08. The fourth-order valence-corrected chi connectivity index (χ4v) is 4.48. The number of carbonyl (C=O) groups is 2. The monoisotopic (exact) mass is 400 g/mol. The van der Waals surface area contributed by atoms with Crippen LogP contribution >= 0.6 is 11.8 Å². The molecule has 148 valence electrons. The Morgan fingerprint density at radius 3 is 2.54 bits per heavy atom. The van der Waals surface area contributed by atoms with Crippen LogP contribution in [-0.2, 0) is 14.3 Å². The van der Waals surface area contributed by atoms with Crippen LogP contribution < -0.4 is 15.0 Å². The lowest BCUT2D eigenvalue weighted by Crippen LogP contribution is -2.45. The van der Waals surface area contributed by atoms with E-state index in [1.807, 2.05) is 55.6 Å². The van der Waals surface area contributed by atoms with Crippen LogP contribution in [0, 0.1) is 0 Å². The van der Waals surface area contributed by atoms with Gasteiger partial charge in [-0.25, -0.2) is 0 Å². The van der Waals surface area contributed by atoms with E-state index < -0.39 is 12.1 Å². The second-order valence-electron chi connectivity index (χ2n) is 6.40. The van der Waals surface area contributed by atoms with E-state index in [1.54, 1.807) is 12.0 Å². The van der Waals surface area contributed by atoms with Crippen LogP contribution in [0.5, 0.6) is 5.75 Å². The first kappa shape index (κ1) is 20.2. The summed E-state index contributed by atoms with van der Waals surface area (Å²) in [5.74, 6) is 0.0366. The van der Waals surface area contributed by atoms with E-state index in [9.17, 15) is 9.59 Å². The number of hydrogen-bond donors (Lipinski definition) is 1. The molecular formula is C21H24N2O4S. The van der Waals surface area contributed by atoms with E-state index in [-0.39, 0.29) is 11.2 Å². The Balaban J connectivity index is 2.07. The maximum Gasteiger partial charge on any atom is 0.303 e. The van der Waals surface area contributed by atoms with Crippen molar-refractivity contribution in [3.63, 3.8) is 0 Å². The number of esters is 1. The summed E-state index contributed by atoms with van der Waals surface area (Å²) in [6.07, 6.45) is -0.917. The summed E-state index contributed by atoms with van der Waals surface area (Å²) in [4.78, 5) is 27.9. The average molecular weight is 401 g/mol. The number of likely N-dealkylation sites (N-methyl/N-ethyl adjacent to an activating group) is 1. The van der Waals surface area contributed by atoms with Crippen LogP contribution in [0.1, 0.15) is 17.7 Å². The van der Waals surface area contributed by atoms with Crippen molar-refractivity contribution in [1.82, 2.24) is 5.32 Å². The standard InChI is InChI=1S/C21H24N2O4S/c1-14(24)27-19-20(15-8-10-16(26-3)11-9-15)28-18-7-5-4-6-17(18)23(21(19)25)13-12-22-2/h4-11,19-20,22H,12-13H2,1-3H3/t19-,20?/m0/s1. The molecule has 6 nitrogen and oxygen atoms in total. The third-order valence-corrected chi connectivity index (χ3v) is 5.89. The third-order valence-electron chi connectivity index (χ3n) is 4.52. The van der Waals surface area contributed by atoms with Crippen LogP contribution in [0.3, 0.4) is 0 Å². The molecule has 0 bridgehead atoms. The number of fused-ring (bicyclic) bond motifs is 1. The van der Waals surface area contributed by atoms with Crippen molar-refractivity contribution in [3.05, 3.63) is 54.1 Å². The number of nitrogens with one attached hydrogen (secondary N) is 1. The Hall–Kier alpha value is -2.51. The summed E-state index contributed by atoms with van der Waals surface area (Å²) in [6, 6.07) is 15.3. The molecule has 1 aliphatic rings. The van der Waals surface area contributed by atoms with E-state index >= 15 is 0 Å². The number of hydrogen-bond acceptors (Lipinski definition) is 6. The quantitative estimate of drug-likeness (QED) is 0.752. The zero-order valence-electron chi connectivity index (χ0n) is 16.2. The van der Waals surface area contributed by atoms with Crippen LogP contribution in [0.25, 0.3) is 0 Å². The summed E-state index contributed by atoms with van der Waals surface area (Å²) >= 11 is 1.53. The Labute approximate surface area is 169 Å². The van der Waals surface area contributed by atoms with Crippen LogP contribution in [0.4, 0.5) is 5.69 Å². The van der Waals surface area contributed by atoms with Gasteiger partial charge in [-0.05, 0) is 36.9 Å². The fraction of sp³-hybridized carbons (Fsp3) is 0.333. The lowest BCUT2D eigenvalue weighted by Gasteiger charge is -2.27. The number of carbonyl (C=O) groups excluding carboxylic acids is 2. The Morgan fingerprint density at radius 1 is 1.18 bits per heavy atom. The number of para-hydroxylation sites is 1. The number of amides is 1. The van der Waals surface area contributed by atoms with Gasteiger partial charge in [-0.2, -0.15) is 0 Å². The summed E-state index contributed by atoms with van der Waals surface area (Å²) in [6.45, 7) is 2.45. The van der Waals surface area contributed by atoms with Crippen LogP contribution in [0.15, 0.2) is 53.4 Å². The number of ether oxygens (including phenoxy) is 2. The highest BCUT2D eigenvalue weighted by Crippen LogP contribution is 2.46. The first-order valence-corrected chi connectivity index (χ1v) is 9.96. The molecule has 3 rings (SSSR count). The highest BCUT2D eigenvalue weighted by Gasteiger charge is 2.40. The molecule has 2 atom stereocenters. The van der Waals surface area contributed by atoms with Crippen molar-refractivity contribution >= 4 is 29.3 Å². The molecule has 0 saturated heterocycles. The number of anilines is 1. The van der Waals surface area contributed by atoms with Gasteiger partial charge in [-0.1, -0.05) is 24.3 Å². The van der Waals surface area contributed by atoms with Gasteiger partial charge in [0.1, 0.15) is 5.75 Å². The number of nitrogens with zero attached hydrogens (tertiary/aromatic N) is 1. The van der Waals surface area contributed by atoms with Crippen molar-refractivity contribution in [2.24, 2.45) is 0 Å². The van der Waals surface area contributed by atoms with E-state index in [4.69, 9.17) is 9.47 Å². The molecule has 1 amide bonds. The molecule has 0 saturated carbocycles. The predicted octanol–water partition coefficient (Wildman–Crippen LogP) is 3.03. The highest BCUT2D eigenvalue weighted by molar-refractivity contribution is 7.99. The summed E-state index contributed by atoms with van der Waals surface area (Å²) in [5, 5.41) is 2.72. The van der Waals surface area contributed by atoms with E-state index in [1.165, 1.54) is 18.7 Å². The fourth-order valence-electron chi connectivity index (χ4n) is 3.16. The number of benzene rings is 2. The van der Waals surface area contributed by atoms with Gasteiger partial charge < -0.3 is 19.7 Å². The van der Waals surface area contributed by atoms with E-state index in [2.05, 4.69) is 5.32 Å². The van der Waals surface area contributed by atoms with E-state index in [0.29, 0.717) is 13.1 Å². The van der Waals surface area contributed by atoms with Crippen molar-refractivity contribution in [1.29, 1.82) is 0 Å². The predicted molar refractivity (Wildman–Crippen MR) is 110 cm³/mol. The van der Waals surface area contributed by atoms with Gasteiger partial charge in [0.15, 0.2) is 6.10 Å². The summed E-state index contributed by atoms with van der Waals surface area (Å²) < 4.78 is 10.8. The molecule has 0 aromatic heterocycles. The molecule has 1 unspecified atom stereocenters. The van der Waals surface area contributed by atoms with Crippen LogP contribution in [0.2, 0.25) is 0 Å². The maximum atomic E-state index is 13.4. The first-order chi connectivity index (χ1) is 13.5. The summed E-state index contributed by atoms with van der Waals surface area (Å²) in [5.41, 5.74) is 1.73. The molecule has 1 N–H and O–H groups in total. The molecule has 2 aromatic rings. The van der Waals surface area contributed by atoms with Crippen LogP contribution in [-0.4, -0.2) is 45.2 Å². The SMILES string of the molecule is CNCCN1C(=O)[C@@H](OC(C)=O)C(c2ccc(OC)cc2)Sc2ccccc21. The highest BCUT2D eigenvalue weighted by atomic mass is 32.2. The van der Waals surface area contributed by atoms with Gasteiger partial charge in [-0.15, -0.1) is 11.8 Å². The average Bonchev–Trinajstić information content (AvgIpc) is 2.81. The Kier molecular flexibility index (Phi) is 6.59. The zero-order valence-corrected chi connectivity index (χ0v) is 17.0. The summed E-state index contributed by atoms with van der Waals surface area (Å²) in [7, 11) is 3.45. The van der Waals surface area contributed by atoms with Gasteiger partial charge in [0.05, 0.1) is 18.0 Å². The second kappa shape index (κ2) is 9.12. The van der Waals surface area contributed by atoms with Gasteiger partial charge in [-0.3, -0.25) is 9.59 Å². The Bertz CT molecular complexity index is 841. The number of thioether (sulfide) groups is 1. The minimum absolute atomic E-state index is 0.219. The van der Waals surface area contributed by atoms with Gasteiger partial charge in [0, 0.05) is 24.9 Å². The molecule has 7 heteroatoms. The van der Waals surface area contributed by atoms with Crippen molar-refractivity contribution in [3.8, 4) is 5.75 Å². The lowest BCUT2D eigenvalue weighted by atomic mass is 10.1. The normalized spacial score (nSPS) is 19.0. The lowest BCUT2D eigenvalue weighted by molar-refractivity contribution is -0.152. The molecule has 0 spiro atoms. The molecule has 28 heavy (non-hydrogen) atoms. The molecule has 0 radical (unpaired) electrons. The largest absolute Gasteiger partial charge is 0.497 e. The zero-order chi connectivity index (χ0) is 20.1. The molecule has 0 aliphatic carbocycles. The minimum atomic E-state index is -0.917. The van der Waals surface area contributed by atoms with Crippen molar-refractivity contribution in [2.45, 2.75) is 23.2 Å². The van der Waals surface area contributed by atoms with Gasteiger partial charge in [0.2, 0.25) is 0 Å². The maximum absolute atomic E-state index is 13.4. The molecule has 1 heterocycles. The van der Waals surface area contributed by atoms with Gasteiger partial charge in [0.25, 0.3) is 5.91 Å². The van der Waals surface area contributed by atoms with Gasteiger partial charge >= 0.3 is 5.97 Å². The molecule has 2 aromatic carbocycles. The molecule has 0 fully saturated rings. The van der Waals surface area contributed by atoms with Crippen molar-refractivity contribution in [2.75, 3.05) is 32.1 Å². The topological polar surface area (TPSA) is 67.9 Å². The van der Waals surface area contributed by atoms with Crippen molar-refractivity contribution < 1.29 is 19.1 Å². The molecular weight excluding hydrogens is 376 g/mol. The number of methoxy groups -OCH3 is 1. The van der Waals surface area contributed by atoms with E-state index in [0.717, 1.165) is 21.9 Å². The molecule has 1 aliphatic heterocycles. The second-order valence-corrected chi connectivity index (χ2v) is 7.59. The number of rotatable bonds is 6.